The molecule has 0 radical (unpaired) electrons. The van der Waals surface area contributed by atoms with Crippen molar-refractivity contribution >= 4 is 33.2 Å². The van der Waals surface area contributed by atoms with E-state index in [2.05, 4.69) is 20.7 Å². The molecule has 1 aromatic rings. The first-order valence-electron chi connectivity index (χ1n) is 6.23. The molecule has 0 aliphatic carbocycles. The van der Waals surface area contributed by atoms with Gasteiger partial charge in [-0.15, -0.1) is 0 Å². The maximum absolute atomic E-state index is 12.1. The molecule has 114 valence electrons. The first-order valence-corrected chi connectivity index (χ1v) is 8.12. The monoisotopic (exact) mass is 312 g/mol. The fourth-order valence-electron chi connectivity index (χ4n) is 1.85. The lowest BCUT2D eigenvalue weighted by atomic mass is 10.2. The Hall–Kier alpha value is -2.13. The van der Waals surface area contributed by atoms with Crippen LogP contribution in [0.5, 0.6) is 0 Å². The zero-order chi connectivity index (χ0) is 15.5. The van der Waals surface area contributed by atoms with Gasteiger partial charge in [0, 0.05) is 6.54 Å². The smallest absolute Gasteiger partial charge is 0.243 e. The van der Waals surface area contributed by atoms with Crippen LogP contribution in [0.15, 0.2) is 24.3 Å². The van der Waals surface area contributed by atoms with Crippen LogP contribution in [0.1, 0.15) is 0 Å². The van der Waals surface area contributed by atoms with Crippen molar-refractivity contribution in [2.45, 2.75) is 6.04 Å². The summed E-state index contributed by atoms with van der Waals surface area (Å²) < 4.78 is 24.9. The van der Waals surface area contributed by atoms with Gasteiger partial charge in [0.2, 0.25) is 21.8 Å². The Morgan fingerprint density at radius 2 is 1.95 bits per heavy atom. The molecule has 9 heteroatoms. The van der Waals surface area contributed by atoms with Crippen LogP contribution >= 0.6 is 0 Å². The summed E-state index contributed by atoms with van der Waals surface area (Å²) in [5.74, 6) is -0.518. The molecule has 21 heavy (non-hydrogen) atoms. The third-order valence-corrected chi connectivity index (χ3v) is 3.40. The average molecular weight is 312 g/mol. The first kappa shape index (κ1) is 15.3. The number of rotatable bonds is 4. The largest absolute Gasteiger partial charge is 0.353 e. The standard InChI is InChI=1S/C12H16N4O4S/c1-21(19,20)16-9-5-3-2-4-8(9)15-12(18)10-6-14-11(17)7-13-10/h2-5,10,13,16H,6-7H2,1H3,(H,14,17)(H,15,18). The van der Waals surface area contributed by atoms with Crippen LogP contribution < -0.4 is 20.7 Å². The van der Waals surface area contributed by atoms with Crippen molar-refractivity contribution in [3.05, 3.63) is 24.3 Å². The Morgan fingerprint density at radius 1 is 1.29 bits per heavy atom. The van der Waals surface area contributed by atoms with Crippen LogP contribution in [-0.2, 0) is 19.6 Å². The van der Waals surface area contributed by atoms with Crippen molar-refractivity contribution in [2.75, 3.05) is 29.4 Å². The summed E-state index contributed by atoms with van der Waals surface area (Å²) in [5.41, 5.74) is 0.639. The Balaban J connectivity index is 2.09. The second kappa shape index (κ2) is 6.10. The predicted octanol–water partition coefficient (Wildman–Crippen LogP) is -0.915. The second-order valence-electron chi connectivity index (χ2n) is 4.65. The number of hydrogen-bond donors (Lipinski definition) is 4. The Labute approximate surface area is 122 Å². The van der Waals surface area contributed by atoms with Gasteiger partial charge >= 0.3 is 0 Å². The number of sulfonamides is 1. The maximum atomic E-state index is 12.1. The topological polar surface area (TPSA) is 116 Å². The normalized spacial score (nSPS) is 18.7. The van der Waals surface area contributed by atoms with Gasteiger partial charge in [-0.25, -0.2) is 8.42 Å². The van der Waals surface area contributed by atoms with Crippen molar-refractivity contribution < 1.29 is 18.0 Å². The first-order chi connectivity index (χ1) is 9.85. The lowest BCUT2D eigenvalue weighted by Gasteiger charge is -2.23. The van der Waals surface area contributed by atoms with Crippen molar-refractivity contribution in [1.29, 1.82) is 0 Å². The third kappa shape index (κ3) is 4.43. The van der Waals surface area contributed by atoms with Gasteiger partial charge in [-0.1, -0.05) is 12.1 Å². The fraction of sp³-hybridized carbons (Fsp3) is 0.333. The van der Waals surface area contributed by atoms with Gasteiger partial charge in [0.1, 0.15) is 6.04 Å². The van der Waals surface area contributed by atoms with Crippen LogP contribution in [0.2, 0.25) is 0 Å². The zero-order valence-corrected chi connectivity index (χ0v) is 12.2. The molecule has 1 heterocycles. The van der Waals surface area contributed by atoms with Crippen molar-refractivity contribution in [3.63, 3.8) is 0 Å². The molecule has 8 nitrogen and oxygen atoms in total. The summed E-state index contributed by atoms with van der Waals surface area (Å²) in [6.45, 7) is 0.258. The number of carbonyl (C=O) groups excluding carboxylic acids is 2. The summed E-state index contributed by atoms with van der Waals surface area (Å²) in [7, 11) is -3.44. The molecule has 0 aromatic heterocycles. The second-order valence-corrected chi connectivity index (χ2v) is 6.40. The molecule has 4 N–H and O–H groups in total. The van der Waals surface area contributed by atoms with Gasteiger partial charge in [-0.3, -0.25) is 19.6 Å². The van der Waals surface area contributed by atoms with E-state index < -0.39 is 16.1 Å². The van der Waals surface area contributed by atoms with Gasteiger partial charge in [0.25, 0.3) is 0 Å². The number of amides is 2. The van der Waals surface area contributed by atoms with Gasteiger partial charge in [-0.2, -0.15) is 0 Å². The SMILES string of the molecule is CS(=O)(=O)Nc1ccccc1NC(=O)C1CNC(=O)CN1. The highest BCUT2D eigenvalue weighted by atomic mass is 32.2. The van der Waals surface area contributed by atoms with E-state index in [-0.39, 0.29) is 30.6 Å². The fourth-order valence-corrected chi connectivity index (χ4v) is 2.43. The van der Waals surface area contributed by atoms with Gasteiger partial charge in [0.15, 0.2) is 0 Å². The highest BCUT2D eigenvalue weighted by Gasteiger charge is 2.24. The molecule has 1 aromatic carbocycles. The molecule has 0 bridgehead atoms. The van der Waals surface area contributed by atoms with E-state index in [1.165, 1.54) is 0 Å². The number of piperazine rings is 1. The van der Waals surface area contributed by atoms with Crippen LogP contribution in [0, 0.1) is 0 Å². The van der Waals surface area contributed by atoms with Gasteiger partial charge in [0.05, 0.1) is 24.2 Å². The highest BCUT2D eigenvalue weighted by Crippen LogP contribution is 2.22. The third-order valence-electron chi connectivity index (χ3n) is 2.81. The van der Waals surface area contributed by atoms with Crippen LogP contribution in [0.4, 0.5) is 11.4 Å². The summed E-state index contributed by atoms with van der Waals surface area (Å²) in [5, 5.41) is 8.01. The Kier molecular flexibility index (Phi) is 4.43. The quantitative estimate of drug-likeness (QED) is 0.574. The van der Waals surface area contributed by atoms with Crippen molar-refractivity contribution in [3.8, 4) is 0 Å². The number of anilines is 2. The van der Waals surface area contributed by atoms with E-state index in [1.54, 1.807) is 24.3 Å². The van der Waals surface area contributed by atoms with Crippen molar-refractivity contribution in [1.82, 2.24) is 10.6 Å². The van der Waals surface area contributed by atoms with E-state index in [0.717, 1.165) is 6.26 Å². The molecule has 1 aliphatic rings. The molecule has 1 fully saturated rings. The molecule has 1 aliphatic heterocycles. The average Bonchev–Trinajstić information content (AvgIpc) is 2.40. The Morgan fingerprint density at radius 3 is 2.52 bits per heavy atom. The minimum atomic E-state index is -3.44. The molecule has 0 saturated carbocycles. The van der Waals surface area contributed by atoms with E-state index in [0.29, 0.717) is 5.69 Å². The molecule has 0 spiro atoms. The number of para-hydroxylation sites is 2. The molecule has 1 saturated heterocycles. The van der Waals surface area contributed by atoms with Gasteiger partial charge < -0.3 is 10.6 Å². The van der Waals surface area contributed by atoms with Crippen molar-refractivity contribution in [2.24, 2.45) is 0 Å². The molecular formula is C12H16N4O4S. The number of hydrogen-bond acceptors (Lipinski definition) is 5. The minimum absolute atomic E-state index is 0.0708. The van der Waals surface area contributed by atoms with E-state index in [1.807, 2.05) is 0 Å². The van der Waals surface area contributed by atoms with E-state index in [4.69, 9.17) is 0 Å². The number of nitrogens with one attached hydrogen (secondary N) is 4. The molecule has 2 rings (SSSR count). The van der Waals surface area contributed by atoms with E-state index in [9.17, 15) is 18.0 Å². The highest BCUT2D eigenvalue weighted by molar-refractivity contribution is 7.92. The number of carbonyl (C=O) groups is 2. The zero-order valence-electron chi connectivity index (χ0n) is 11.3. The predicted molar refractivity (Wildman–Crippen MR) is 78.3 cm³/mol. The lowest BCUT2D eigenvalue weighted by Crippen LogP contribution is -2.56. The summed E-state index contributed by atoms with van der Waals surface area (Å²) in [6, 6.07) is 5.91. The Bertz CT molecular complexity index is 649. The van der Waals surface area contributed by atoms with E-state index >= 15 is 0 Å². The summed E-state index contributed by atoms with van der Waals surface area (Å²) in [4.78, 5) is 23.1. The van der Waals surface area contributed by atoms with Crippen LogP contribution in [0.3, 0.4) is 0 Å². The maximum Gasteiger partial charge on any atom is 0.243 e. The molecular weight excluding hydrogens is 296 g/mol. The lowest BCUT2D eigenvalue weighted by molar-refractivity contribution is -0.124. The molecule has 2 amide bonds. The minimum Gasteiger partial charge on any atom is -0.353 e. The van der Waals surface area contributed by atoms with Crippen LogP contribution in [0.25, 0.3) is 0 Å². The molecule has 1 unspecified atom stereocenters. The number of benzene rings is 1. The molecule has 1 atom stereocenters. The van der Waals surface area contributed by atoms with Crippen LogP contribution in [-0.4, -0.2) is 45.6 Å². The summed E-state index contributed by atoms with van der Waals surface area (Å²) in [6.07, 6.45) is 1.03. The van der Waals surface area contributed by atoms with Gasteiger partial charge in [-0.05, 0) is 12.1 Å². The summed E-state index contributed by atoms with van der Waals surface area (Å²) >= 11 is 0.